The molecule has 166 valence electrons. The van der Waals surface area contributed by atoms with E-state index < -0.39 is 0 Å². The van der Waals surface area contributed by atoms with Crippen molar-refractivity contribution < 1.29 is 14.2 Å². The number of fused-ring (bicyclic) bond motifs is 1. The van der Waals surface area contributed by atoms with Gasteiger partial charge in [-0.1, -0.05) is 13.0 Å². The average Bonchev–Trinajstić information content (AvgIpc) is 3.24. The van der Waals surface area contributed by atoms with Crippen LogP contribution in [0.15, 0.2) is 59.9 Å². The summed E-state index contributed by atoms with van der Waals surface area (Å²) in [5.74, 6) is 0.783. The largest absolute Gasteiger partial charge is 0.490 e. The minimum Gasteiger partial charge on any atom is -0.490 e. The third-order valence-electron chi connectivity index (χ3n) is 5.01. The van der Waals surface area contributed by atoms with E-state index in [2.05, 4.69) is 21.2 Å². The van der Waals surface area contributed by atoms with Crippen molar-refractivity contribution in [2.45, 2.75) is 12.8 Å². The van der Waals surface area contributed by atoms with E-state index in [1.54, 1.807) is 41.3 Å². The summed E-state index contributed by atoms with van der Waals surface area (Å²) in [6.45, 7) is 3.33. The molecule has 4 rings (SSSR count). The molecular formula is C23H25N5O4. The molecule has 1 unspecified atom stereocenters. The van der Waals surface area contributed by atoms with Crippen molar-refractivity contribution in [3.63, 3.8) is 0 Å². The minimum absolute atomic E-state index is 0.0331. The molecule has 0 saturated carbocycles. The van der Waals surface area contributed by atoms with Gasteiger partial charge in [0.15, 0.2) is 0 Å². The molecule has 4 aromatic rings. The normalized spacial score (nSPS) is 12.1. The van der Waals surface area contributed by atoms with Crippen LogP contribution in [-0.2, 0) is 11.8 Å². The quantitative estimate of drug-likeness (QED) is 0.373. The van der Waals surface area contributed by atoms with Crippen LogP contribution in [0.4, 0.5) is 0 Å². The van der Waals surface area contributed by atoms with E-state index in [1.807, 2.05) is 32.2 Å². The molecule has 3 heterocycles. The molecule has 32 heavy (non-hydrogen) atoms. The van der Waals surface area contributed by atoms with Gasteiger partial charge in [0, 0.05) is 37.7 Å². The lowest BCUT2D eigenvalue weighted by molar-refractivity contribution is 0.146. The fourth-order valence-electron chi connectivity index (χ4n) is 3.22. The van der Waals surface area contributed by atoms with Gasteiger partial charge < -0.3 is 14.2 Å². The van der Waals surface area contributed by atoms with Crippen molar-refractivity contribution in [2.24, 2.45) is 7.05 Å². The van der Waals surface area contributed by atoms with Crippen LogP contribution in [0.2, 0.25) is 0 Å². The summed E-state index contributed by atoms with van der Waals surface area (Å²) in [6, 6.07) is 9.44. The molecule has 0 N–H and O–H groups in total. The monoisotopic (exact) mass is 435 g/mol. The number of pyridine rings is 1. The van der Waals surface area contributed by atoms with Gasteiger partial charge >= 0.3 is 0 Å². The van der Waals surface area contributed by atoms with E-state index in [0.29, 0.717) is 25.6 Å². The second kappa shape index (κ2) is 9.61. The van der Waals surface area contributed by atoms with Crippen molar-refractivity contribution in [3.05, 3.63) is 70.9 Å². The summed E-state index contributed by atoms with van der Waals surface area (Å²) in [7, 11) is 3.45. The number of hydrogen-bond donors (Lipinski definition) is 0. The van der Waals surface area contributed by atoms with E-state index in [1.165, 1.54) is 6.07 Å². The molecule has 0 saturated heterocycles. The van der Waals surface area contributed by atoms with Crippen LogP contribution in [0.5, 0.6) is 11.6 Å². The Morgan fingerprint density at radius 1 is 1.09 bits per heavy atom. The third-order valence-corrected chi connectivity index (χ3v) is 5.01. The second-order valence-electron chi connectivity index (χ2n) is 7.48. The number of nitrogens with zero attached hydrogens (tertiary/aromatic N) is 5. The van der Waals surface area contributed by atoms with E-state index >= 15 is 0 Å². The molecule has 0 amide bonds. The van der Waals surface area contributed by atoms with Gasteiger partial charge in [0.2, 0.25) is 5.43 Å². The maximum absolute atomic E-state index is 12.2. The van der Waals surface area contributed by atoms with Gasteiger partial charge in [-0.2, -0.15) is 5.10 Å². The highest BCUT2D eigenvalue weighted by atomic mass is 16.5. The van der Waals surface area contributed by atoms with Crippen molar-refractivity contribution in [2.75, 3.05) is 26.9 Å². The van der Waals surface area contributed by atoms with Gasteiger partial charge in [0.1, 0.15) is 18.0 Å². The molecule has 3 aromatic heterocycles. The molecule has 0 fully saturated rings. The lowest BCUT2D eigenvalue weighted by Gasteiger charge is -2.14. The number of aromatic nitrogens is 5. The van der Waals surface area contributed by atoms with Gasteiger partial charge in [0.25, 0.3) is 5.88 Å². The van der Waals surface area contributed by atoms with Gasteiger partial charge in [-0.05, 0) is 23.8 Å². The Morgan fingerprint density at radius 2 is 1.97 bits per heavy atom. The predicted molar refractivity (Wildman–Crippen MR) is 120 cm³/mol. The van der Waals surface area contributed by atoms with Gasteiger partial charge in [-0.25, -0.2) is 4.68 Å². The Balaban J connectivity index is 1.47. The summed E-state index contributed by atoms with van der Waals surface area (Å²) in [5.41, 5.74) is 2.43. The minimum atomic E-state index is -0.266. The van der Waals surface area contributed by atoms with Crippen molar-refractivity contribution in [3.8, 4) is 17.3 Å². The number of benzene rings is 1. The number of ether oxygens (including phenoxy) is 3. The van der Waals surface area contributed by atoms with Crippen LogP contribution in [0, 0.1) is 0 Å². The molecule has 1 atom stereocenters. The summed E-state index contributed by atoms with van der Waals surface area (Å²) >= 11 is 0. The molecule has 1 aromatic carbocycles. The Hall–Kier alpha value is -3.72. The zero-order valence-electron chi connectivity index (χ0n) is 18.3. The van der Waals surface area contributed by atoms with Crippen LogP contribution >= 0.6 is 0 Å². The fourth-order valence-corrected chi connectivity index (χ4v) is 3.22. The molecule has 0 bridgehead atoms. The Kier molecular flexibility index (Phi) is 6.46. The summed E-state index contributed by atoms with van der Waals surface area (Å²) < 4.78 is 19.7. The Morgan fingerprint density at radius 3 is 2.75 bits per heavy atom. The average molecular weight is 435 g/mol. The first kappa shape index (κ1) is 21.5. The topological polar surface area (TPSA) is 93.3 Å². The number of aryl methyl sites for hydroxylation is 1. The fraction of sp³-hybridized carbons (Fsp3) is 0.304. The van der Waals surface area contributed by atoms with Crippen LogP contribution in [0.3, 0.4) is 0 Å². The number of methoxy groups -OCH3 is 1. The van der Waals surface area contributed by atoms with E-state index in [4.69, 9.17) is 14.2 Å². The molecule has 0 aliphatic heterocycles. The van der Waals surface area contributed by atoms with Gasteiger partial charge in [-0.3, -0.25) is 14.5 Å². The van der Waals surface area contributed by atoms with Crippen LogP contribution < -0.4 is 14.9 Å². The number of rotatable bonds is 9. The molecule has 0 aliphatic rings. The first-order chi connectivity index (χ1) is 15.5. The highest BCUT2D eigenvalue weighted by Gasteiger charge is 2.12. The van der Waals surface area contributed by atoms with Gasteiger partial charge in [0.05, 0.1) is 37.3 Å². The molecular weight excluding hydrogens is 410 g/mol. The predicted octanol–water partition coefficient (Wildman–Crippen LogP) is 2.72. The van der Waals surface area contributed by atoms with Crippen LogP contribution in [0.25, 0.3) is 16.6 Å². The highest BCUT2D eigenvalue weighted by Crippen LogP contribution is 2.24. The smallest absolute Gasteiger partial charge is 0.280 e. The Bertz CT molecular complexity index is 1270. The van der Waals surface area contributed by atoms with Gasteiger partial charge in [-0.15, -0.1) is 5.10 Å². The zero-order valence-corrected chi connectivity index (χ0v) is 18.3. The third kappa shape index (κ3) is 4.94. The molecule has 0 radical (unpaired) electrons. The highest BCUT2D eigenvalue weighted by molar-refractivity contribution is 5.80. The standard InChI is InChI=1S/C23H25N5O4/c1-16(15-32-23-22(29)6-7-28(26-23)19-12-25-27(2)14-19)17-4-5-21-18(10-17)11-20(13-24-21)31-9-8-30-3/h4-7,10-14,16H,8-9,15H2,1-3H3. The summed E-state index contributed by atoms with van der Waals surface area (Å²) in [6.07, 6.45) is 6.78. The van der Waals surface area contributed by atoms with Crippen molar-refractivity contribution in [1.82, 2.24) is 24.5 Å². The van der Waals surface area contributed by atoms with Crippen molar-refractivity contribution in [1.29, 1.82) is 0 Å². The molecule has 9 nitrogen and oxygen atoms in total. The maximum atomic E-state index is 12.2. The molecule has 0 spiro atoms. The lowest BCUT2D eigenvalue weighted by atomic mass is 10.00. The molecule has 0 aliphatic carbocycles. The number of hydrogen-bond acceptors (Lipinski definition) is 7. The first-order valence-electron chi connectivity index (χ1n) is 10.3. The molecule has 9 heteroatoms. The second-order valence-corrected chi connectivity index (χ2v) is 7.48. The Labute approximate surface area is 185 Å². The van der Waals surface area contributed by atoms with Crippen LogP contribution in [-0.4, -0.2) is 51.5 Å². The van der Waals surface area contributed by atoms with E-state index in [9.17, 15) is 4.79 Å². The summed E-state index contributed by atoms with van der Waals surface area (Å²) in [4.78, 5) is 16.7. The SMILES string of the molecule is COCCOc1cnc2ccc(C(C)COc3nn(-c4cnn(C)c4)ccc3=O)cc2c1. The lowest BCUT2D eigenvalue weighted by Crippen LogP contribution is -2.17. The van der Waals surface area contributed by atoms with E-state index in [-0.39, 0.29) is 17.2 Å². The first-order valence-corrected chi connectivity index (χ1v) is 10.3. The maximum Gasteiger partial charge on any atom is 0.280 e. The van der Waals surface area contributed by atoms with E-state index in [0.717, 1.165) is 22.2 Å². The summed E-state index contributed by atoms with van der Waals surface area (Å²) in [5, 5.41) is 9.41. The van der Waals surface area contributed by atoms with Crippen molar-refractivity contribution >= 4 is 10.9 Å². The van der Waals surface area contributed by atoms with Crippen LogP contribution in [0.1, 0.15) is 18.4 Å². The zero-order chi connectivity index (χ0) is 22.5.